The number of hydrogen-bond acceptors (Lipinski definition) is 3. The van der Waals surface area contributed by atoms with Crippen molar-refractivity contribution >= 4 is 46.0 Å². The van der Waals surface area contributed by atoms with E-state index in [0.29, 0.717) is 23.9 Å². The molecule has 0 aliphatic carbocycles. The molecule has 0 heterocycles. The van der Waals surface area contributed by atoms with Crippen LogP contribution >= 0.6 is 34.2 Å². The first-order valence-electron chi connectivity index (χ1n) is 8.60. The maximum atomic E-state index is 12.8. The van der Waals surface area contributed by atoms with Gasteiger partial charge in [0.15, 0.2) is 6.61 Å². The van der Waals surface area contributed by atoms with Crippen LogP contribution in [0.2, 0.25) is 5.02 Å². The molecule has 0 aliphatic rings. The summed E-state index contributed by atoms with van der Waals surface area (Å²) in [5.74, 6) is 0.150. The third-order valence-electron chi connectivity index (χ3n) is 3.96. The Balaban J connectivity index is 2.11. The van der Waals surface area contributed by atoms with E-state index < -0.39 is 6.04 Å². The van der Waals surface area contributed by atoms with Gasteiger partial charge in [0.05, 0.1) is 0 Å². The Morgan fingerprint density at radius 3 is 2.37 bits per heavy atom. The lowest BCUT2D eigenvalue weighted by Crippen LogP contribution is -2.49. The zero-order valence-electron chi connectivity index (χ0n) is 15.2. The highest BCUT2D eigenvalue weighted by Crippen LogP contribution is 2.16. The van der Waals surface area contributed by atoms with Crippen LogP contribution in [0.1, 0.15) is 19.4 Å². The van der Waals surface area contributed by atoms with Crippen molar-refractivity contribution in [1.82, 2.24) is 10.2 Å². The first-order valence-corrected chi connectivity index (χ1v) is 10.1. The standard InChI is InChI=1S/C20H22ClIN2O3/c1-3-23-20(26)14(2)24(12-15-4-6-16(21)7-5-15)19(25)13-27-18-10-8-17(22)9-11-18/h4-11,14H,3,12-13H2,1-2H3,(H,23,26)/t14-/m0/s1. The van der Waals surface area contributed by atoms with Gasteiger partial charge in [-0.05, 0) is 78.4 Å². The molecule has 0 aliphatic heterocycles. The van der Waals surface area contributed by atoms with E-state index in [1.807, 2.05) is 43.3 Å². The summed E-state index contributed by atoms with van der Waals surface area (Å²) in [6, 6.07) is 14.0. The number of nitrogens with zero attached hydrogens (tertiary/aromatic N) is 1. The summed E-state index contributed by atoms with van der Waals surface area (Å²) >= 11 is 8.13. The summed E-state index contributed by atoms with van der Waals surface area (Å²) in [5, 5.41) is 3.38. The van der Waals surface area contributed by atoms with Crippen molar-refractivity contribution in [2.45, 2.75) is 26.4 Å². The number of carbonyl (C=O) groups is 2. The average Bonchev–Trinajstić information content (AvgIpc) is 2.66. The summed E-state index contributed by atoms with van der Waals surface area (Å²) in [6.07, 6.45) is 0. The van der Waals surface area contributed by atoms with Crippen LogP contribution in [0.15, 0.2) is 48.5 Å². The van der Waals surface area contributed by atoms with Gasteiger partial charge in [-0.25, -0.2) is 0 Å². The molecule has 144 valence electrons. The fourth-order valence-corrected chi connectivity index (χ4v) is 2.94. The lowest BCUT2D eigenvalue weighted by molar-refractivity contribution is -0.142. The molecule has 0 bridgehead atoms. The Bertz CT molecular complexity index is 766. The van der Waals surface area contributed by atoms with Gasteiger partial charge < -0.3 is 15.0 Å². The van der Waals surface area contributed by atoms with Crippen LogP contribution in [0.3, 0.4) is 0 Å². The number of nitrogens with one attached hydrogen (secondary N) is 1. The van der Waals surface area contributed by atoms with Crippen LogP contribution in [0.25, 0.3) is 0 Å². The highest BCUT2D eigenvalue weighted by molar-refractivity contribution is 14.1. The van der Waals surface area contributed by atoms with Crippen LogP contribution in [0, 0.1) is 3.57 Å². The van der Waals surface area contributed by atoms with E-state index >= 15 is 0 Å². The fraction of sp³-hybridized carbons (Fsp3) is 0.300. The molecule has 2 aromatic carbocycles. The molecule has 0 aromatic heterocycles. The molecule has 1 N–H and O–H groups in total. The Hall–Kier alpha value is -1.80. The maximum Gasteiger partial charge on any atom is 0.261 e. The van der Waals surface area contributed by atoms with Crippen molar-refractivity contribution in [3.63, 3.8) is 0 Å². The third-order valence-corrected chi connectivity index (χ3v) is 4.93. The van der Waals surface area contributed by atoms with Gasteiger partial charge in [-0.3, -0.25) is 9.59 Å². The van der Waals surface area contributed by atoms with Gasteiger partial charge in [0, 0.05) is 21.7 Å². The SMILES string of the molecule is CCNC(=O)[C@H](C)N(Cc1ccc(Cl)cc1)C(=O)COc1ccc(I)cc1. The topological polar surface area (TPSA) is 58.6 Å². The lowest BCUT2D eigenvalue weighted by atomic mass is 10.1. The molecule has 1 atom stereocenters. The van der Waals surface area contributed by atoms with Crippen LogP contribution in [-0.2, 0) is 16.1 Å². The van der Waals surface area contributed by atoms with Gasteiger partial charge in [0.25, 0.3) is 5.91 Å². The van der Waals surface area contributed by atoms with Crippen molar-refractivity contribution in [3.8, 4) is 5.75 Å². The fourth-order valence-electron chi connectivity index (χ4n) is 2.45. The maximum absolute atomic E-state index is 12.8. The van der Waals surface area contributed by atoms with Gasteiger partial charge in [-0.1, -0.05) is 23.7 Å². The van der Waals surface area contributed by atoms with Crippen LogP contribution < -0.4 is 10.1 Å². The predicted octanol–water partition coefficient (Wildman–Crippen LogP) is 3.88. The van der Waals surface area contributed by atoms with E-state index in [1.54, 1.807) is 19.1 Å². The van der Waals surface area contributed by atoms with Crippen molar-refractivity contribution in [2.24, 2.45) is 0 Å². The van der Waals surface area contributed by atoms with Crippen LogP contribution in [0.4, 0.5) is 0 Å². The molecule has 2 rings (SSSR count). The number of rotatable bonds is 8. The number of benzene rings is 2. The normalized spacial score (nSPS) is 11.6. The summed E-state index contributed by atoms with van der Waals surface area (Å²) in [4.78, 5) is 26.6. The molecule has 7 heteroatoms. The van der Waals surface area contributed by atoms with Crippen molar-refractivity contribution in [2.75, 3.05) is 13.2 Å². The molecule has 0 saturated carbocycles. The zero-order chi connectivity index (χ0) is 19.8. The Labute approximate surface area is 178 Å². The van der Waals surface area contributed by atoms with Gasteiger partial charge in [0.1, 0.15) is 11.8 Å². The molecule has 0 radical (unpaired) electrons. The van der Waals surface area contributed by atoms with Crippen molar-refractivity contribution in [3.05, 3.63) is 62.7 Å². The molecule has 0 spiro atoms. The summed E-state index contributed by atoms with van der Waals surface area (Å²) < 4.78 is 6.69. The second kappa shape index (κ2) is 10.5. The minimum Gasteiger partial charge on any atom is -0.484 e. The van der Waals surface area contributed by atoms with Gasteiger partial charge >= 0.3 is 0 Å². The highest BCUT2D eigenvalue weighted by atomic mass is 127. The van der Waals surface area contributed by atoms with E-state index in [1.165, 1.54) is 4.90 Å². The molecule has 0 fully saturated rings. The second-order valence-corrected chi connectivity index (χ2v) is 7.64. The number of carbonyl (C=O) groups excluding carboxylic acids is 2. The van der Waals surface area contributed by atoms with Crippen molar-refractivity contribution < 1.29 is 14.3 Å². The Morgan fingerprint density at radius 2 is 1.78 bits per heavy atom. The first-order chi connectivity index (χ1) is 12.9. The molecule has 0 unspecified atom stereocenters. The Kier molecular flexibility index (Phi) is 8.37. The molecular formula is C20H22ClIN2O3. The van der Waals surface area contributed by atoms with E-state index in [2.05, 4.69) is 27.9 Å². The number of hydrogen-bond donors (Lipinski definition) is 1. The van der Waals surface area contributed by atoms with E-state index in [9.17, 15) is 9.59 Å². The molecule has 2 amide bonds. The molecule has 27 heavy (non-hydrogen) atoms. The smallest absolute Gasteiger partial charge is 0.261 e. The third kappa shape index (κ3) is 6.70. The largest absolute Gasteiger partial charge is 0.484 e. The number of ether oxygens (including phenoxy) is 1. The highest BCUT2D eigenvalue weighted by Gasteiger charge is 2.26. The number of likely N-dealkylation sites (N-methyl/N-ethyl adjacent to an activating group) is 1. The molecule has 2 aromatic rings. The van der Waals surface area contributed by atoms with E-state index in [0.717, 1.165) is 9.13 Å². The van der Waals surface area contributed by atoms with Gasteiger partial charge in [-0.15, -0.1) is 0 Å². The summed E-state index contributed by atoms with van der Waals surface area (Å²) in [5.41, 5.74) is 0.887. The van der Waals surface area contributed by atoms with Gasteiger partial charge in [-0.2, -0.15) is 0 Å². The van der Waals surface area contributed by atoms with Crippen molar-refractivity contribution in [1.29, 1.82) is 0 Å². The van der Waals surface area contributed by atoms with Gasteiger partial charge in [0.2, 0.25) is 5.91 Å². The summed E-state index contributed by atoms with van der Waals surface area (Å²) in [7, 11) is 0. The lowest BCUT2D eigenvalue weighted by Gasteiger charge is -2.28. The van der Waals surface area contributed by atoms with Crippen LogP contribution in [-0.4, -0.2) is 35.9 Å². The first kappa shape index (κ1) is 21.5. The second-order valence-electron chi connectivity index (χ2n) is 5.96. The minimum absolute atomic E-state index is 0.141. The Morgan fingerprint density at radius 1 is 1.15 bits per heavy atom. The van der Waals surface area contributed by atoms with Crippen LogP contribution in [0.5, 0.6) is 5.75 Å². The zero-order valence-corrected chi connectivity index (χ0v) is 18.2. The number of halogens is 2. The quantitative estimate of drug-likeness (QED) is 0.560. The average molecular weight is 501 g/mol. The monoisotopic (exact) mass is 500 g/mol. The number of amides is 2. The molecular weight excluding hydrogens is 479 g/mol. The van der Waals surface area contributed by atoms with E-state index in [-0.39, 0.29) is 18.4 Å². The minimum atomic E-state index is -0.617. The van der Waals surface area contributed by atoms with E-state index in [4.69, 9.17) is 16.3 Å². The predicted molar refractivity (Wildman–Crippen MR) is 115 cm³/mol. The molecule has 0 saturated heterocycles. The molecule has 5 nitrogen and oxygen atoms in total. The summed E-state index contributed by atoms with van der Waals surface area (Å²) in [6.45, 7) is 4.22.